The third-order valence-corrected chi connectivity index (χ3v) is 9.89. The fourth-order valence-electron chi connectivity index (χ4n) is 2.50. The summed E-state index contributed by atoms with van der Waals surface area (Å²) < 4.78 is 3.67. The van der Waals surface area contributed by atoms with Crippen molar-refractivity contribution in [2.24, 2.45) is 0 Å². The van der Waals surface area contributed by atoms with Crippen molar-refractivity contribution in [3.05, 3.63) is 52.9 Å². The third-order valence-electron chi connectivity index (χ3n) is 3.92. The fraction of sp³-hybridized carbons (Fsp3) is 0.294. The quantitative estimate of drug-likeness (QED) is 0.600. The molecule has 2 heterocycles. The van der Waals surface area contributed by atoms with Crippen molar-refractivity contribution in [1.82, 2.24) is 14.5 Å². The van der Waals surface area contributed by atoms with Crippen LogP contribution in [-0.4, -0.2) is 32.9 Å². The first kappa shape index (κ1) is 15.8. The Bertz CT molecular complexity index is 816. The number of hydrogen-bond acceptors (Lipinski definition) is 2. The van der Waals surface area contributed by atoms with Gasteiger partial charge >= 0.3 is 140 Å². The van der Waals surface area contributed by atoms with Crippen LogP contribution in [-0.2, 0) is 6.54 Å². The van der Waals surface area contributed by atoms with Gasteiger partial charge in [0.25, 0.3) is 0 Å². The molecule has 3 rings (SSSR count). The molecule has 0 unspecified atom stereocenters. The Balaban J connectivity index is 2.07. The van der Waals surface area contributed by atoms with Crippen molar-refractivity contribution in [3.63, 3.8) is 0 Å². The molecule has 22 heavy (non-hydrogen) atoms. The molecule has 0 amide bonds. The Morgan fingerprint density at radius 2 is 1.82 bits per heavy atom. The summed E-state index contributed by atoms with van der Waals surface area (Å²) >= 11 is 3.84. The van der Waals surface area contributed by atoms with E-state index in [0.29, 0.717) is 0 Å². The molecule has 0 aliphatic carbocycles. The summed E-state index contributed by atoms with van der Waals surface area (Å²) in [6, 6.07) is 10.3. The molecular weight excluding hydrogens is 400 g/mol. The van der Waals surface area contributed by atoms with Gasteiger partial charge in [0.2, 0.25) is 0 Å². The predicted octanol–water partition coefficient (Wildman–Crippen LogP) is 3.99. The molecule has 0 atom stereocenters. The molecule has 0 saturated carbocycles. The monoisotopic (exact) mass is 421 g/mol. The minimum atomic E-state index is -2.13. The van der Waals surface area contributed by atoms with Crippen LogP contribution in [0.25, 0.3) is 11.2 Å². The molecule has 3 nitrogen and oxygen atoms in total. The van der Waals surface area contributed by atoms with Gasteiger partial charge in [-0.25, -0.2) is 0 Å². The zero-order valence-corrected chi connectivity index (χ0v) is 17.0. The van der Waals surface area contributed by atoms with Gasteiger partial charge in [0.05, 0.1) is 0 Å². The van der Waals surface area contributed by atoms with E-state index in [-0.39, 0.29) is 0 Å². The van der Waals surface area contributed by atoms with Crippen LogP contribution in [0.1, 0.15) is 11.4 Å². The predicted molar refractivity (Wildman–Crippen MR) is 95.8 cm³/mol. The molecule has 2 aromatic heterocycles. The summed E-state index contributed by atoms with van der Waals surface area (Å²) in [7, 11) is 0. The summed E-state index contributed by atoms with van der Waals surface area (Å²) in [5.74, 6) is 0.999. The molecule has 0 N–H and O–H groups in total. The molecule has 3 aromatic rings. The van der Waals surface area contributed by atoms with E-state index in [1.54, 1.807) is 0 Å². The normalized spacial score (nSPS) is 12.0. The maximum atomic E-state index is 5.97. The summed E-state index contributed by atoms with van der Waals surface area (Å²) in [5.41, 5.74) is 3.19. The van der Waals surface area contributed by atoms with Crippen LogP contribution in [0.2, 0.25) is 19.8 Å². The molecule has 0 radical (unpaired) electrons. The van der Waals surface area contributed by atoms with E-state index in [2.05, 4.69) is 47.6 Å². The van der Waals surface area contributed by atoms with E-state index in [1.807, 2.05) is 25.3 Å². The van der Waals surface area contributed by atoms with Crippen molar-refractivity contribution in [3.8, 4) is 0 Å². The standard InChI is InChI=1S/C14H11ClN3.3CH3.Sn/c1-10-17-14-13(3-2-8-16-14)18(10)9-11-4-6-12(15)7-5-11;;;;/h3-8H,9H2,1H3;3*1H3;. The van der Waals surface area contributed by atoms with Gasteiger partial charge in [-0.2, -0.15) is 0 Å². The topological polar surface area (TPSA) is 30.7 Å². The molecule has 0 aliphatic rings. The first-order valence-corrected chi connectivity index (χ1v) is 17.8. The van der Waals surface area contributed by atoms with Gasteiger partial charge in [-0.1, -0.05) is 0 Å². The van der Waals surface area contributed by atoms with Gasteiger partial charge in [0.15, 0.2) is 0 Å². The Morgan fingerprint density at radius 3 is 2.45 bits per heavy atom. The van der Waals surface area contributed by atoms with Gasteiger partial charge in [-0.3, -0.25) is 0 Å². The second-order valence-electron chi connectivity index (χ2n) is 6.69. The second-order valence-corrected chi connectivity index (χ2v) is 21.6. The molecule has 1 aromatic carbocycles. The van der Waals surface area contributed by atoms with Crippen molar-refractivity contribution < 1.29 is 0 Å². The Labute approximate surface area is 140 Å². The zero-order valence-electron chi connectivity index (χ0n) is 13.4. The van der Waals surface area contributed by atoms with Gasteiger partial charge in [0.1, 0.15) is 0 Å². The van der Waals surface area contributed by atoms with Gasteiger partial charge in [0, 0.05) is 0 Å². The number of halogens is 1. The first-order valence-electron chi connectivity index (χ1n) is 7.42. The third kappa shape index (κ3) is 3.15. The summed E-state index contributed by atoms with van der Waals surface area (Å²) in [5, 5.41) is 0.765. The van der Waals surface area contributed by atoms with Crippen LogP contribution >= 0.6 is 11.6 Å². The van der Waals surface area contributed by atoms with E-state index < -0.39 is 18.4 Å². The van der Waals surface area contributed by atoms with E-state index in [4.69, 9.17) is 11.6 Å². The van der Waals surface area contributed by atoms with Crippen LogP contribution in [0.4, 0.5) is 0 Å². The number of imidazole rings is 1. The van der Waals surface area contributed by atoms with E-state index >= 15 is 0 Å². The maximum absolute atomic E-state index is 5.97. The van der Waals surface area contributed by atoms with Crippen molar-refractivity contribution in [2.75, 3.05) is 0 Å². The molecule has 114 valence electrons. The van der Waals surface area contributed by atoms with Gasteiger partial charge in [-0.05, 0) is 0 Å². The van der Waals surface area contributed by atoms with E-state index in [1.165, 1.54) is 9.14 Å². The van der Waals surface area contributed by atoms with Gasteiger partial charge < -0.3 is 0 Å². The number of aryl methyl sites for hydroxylation is 1. The molecule has 0 spiro atoms. The number of nitrogens with zero attached hydrogens (tertiary/aromatic N) is 3. The molecule has 5 heteroatoms. The Hall–Kier alpha value is -1.07. The summed E-state index contributed by atoms with van der Waals surface area (Å²) in [6.45, 7) is 2.84. The SMILES string of the molecule is Cc1nc2nc[c]([Sn]([CH3])([CH3])[CH3])cc2n1Cc1ccc(Cl)cc1. The van der Waals surface area contributed by atoms with Crippen LogP contribution in [0, 0.1) is 6.92 Å². The van der Waals surface area contributed by atoms with Crippen molar-refractivity contribution in [1.29, 1.82) is 0 Å². The number of fused-ring (bicyclic) bond motifs is 1. The first-order chi connectivity index (χ1) is 10.3. The van der Waals surface area contributed by atoms with Crippen LogP contribution in [0.3, 0.4) is 0 Å². The zero-order chi connectivity index (χ0) is 15.9. The van der Waals surface area contributed by atoms with Crippen molar-refractivity contribution >= 4 is 44.7 Å². The van der Waals surface area contributed by atoms with Crippen LogP contribution in [0.15, 0.2) is 36.5 Å². The number of benzene rings is 1. The molecule has 0 bridgehead atoms. The number of hydrogen-bond donors (Lipinski definition) is 0. The average molecular weight is 421 g/mol. The molecule has 0 aliphatic heterocycles. The van der Waals surface area contributed by atoms with E-state index in [0.717, 1.165) is 28.6 Å². The average Bonchev–Trinajstić information content (AvgIpc) is 2.76. The molecule has 0 fully saturated rings. The minimum absolute atomic E-state index is 0.765. The number of aromatic nitrogens is 3. The fourth-order valence-corrected chi connectivity index (χ4v) is 5.54. The number of rotatable bonds is 3. The Morgan fingerprint density at radius 1 is 1.14 bits per heavy atom. The molecule has 0 saturated heterocycles. The van der Waals surface area contributed by atoms with Gasteiger partial charge in [-0.15, -0.1) is 0 Å². The number of pyridine rings is 1. The summed E-state index contributed by atoms with van der Waals surface area (Å²) in [4.78, 5) is 16.4. The van der Waals surface area contributed by atoms with Crippen LogP contribution < -0.4 is 3.58 Å². The van der Waals surface area contributed by atoms with Crippen LogP contribution in [0.5, 0.6) is 0 Å². The van der Waals surface area contributed by atoms with Crippen molar-refractivity contribution in [2.45, 2.75) is 28.3 Å². The molecular formula is C17H20ClN3Sn. The Kier molecular flexibility index (Phi) is 4.21. The summed E-state index contributed by atoms with van der Waals surface area (Å²) in [6.07, 6.45) is 2.03. The van der Waals surface area contributed by atoms with E-state index in [9.17, 15) is 0 Å². The second kappa shape index (κ2) is 5.85.